The fraction of sp³-hybridized carbons (Fsp3) is 0.571. The zero-order chi connectivity index (χ0) is 13.5. The summed E-state index contributed by atoms with van der Waals surface area (Å²) in [6.45, 7) is 2.40. The molecule has 1 heterocycles. The Bertz CT molecular complexity index is 465. The number of unbranched alkanes of at least 4 members (excludes halogenated alkanes) is 3. The van der Waals surface area contributed by atoms with Crippen LogP contribution in [0.15, 0.2) is 24.3 Å². The fourth-order valence-corrected chi connectivity index (χ4v) is 1.94. The topological polar surface area (TPSA) is 60.2 Å². The summed E-state index contributed by atoms with van der Waals surface area (Å²) in [5.41, 5.74) is 1.58. The molecular formula is C14H21N3O2. The minimum atomic E-state index is -0.453. The molecule has 5 nitrogen and oxygen atoms in total. The second-order valence-electron chi connectivity index (χ2n) is 4.74. The van der Waals surface area contributed by atoms with Gasteiger partial charge in [-0.3, -0.25) is 0 Å². The second-order valence-corrected chi connectivity index (χ2v) is 4.74. The normalized spacial score (nSPS) is 12.7. The van der Waals surface area contributed by atoms with Gasteiger partial charge >= 0.3 is 0 Å². The number of benzene rings is 1. The van der Waals surface area contributed by atoms with Crippen LogP contribution in [-0.2, 0) is 0 Å². The highest BCUT2D eigenvalue weighted by Crippen LogP contribution is 2.07. The van der Waals surface area contributed by atoms with Crippen LogP contribution in [0.1, 0.15) is 39.0 Å². The lowest BCUT2D eigenvalue weighted by Gasteiger charge is -2.10. The monoisotopic (exact) mass is 263 g/mol. The number of aromatic nitrogens is 3. The van der Waals surface area contributed by atoms with Crippen LogP contribution in [-0.4, -0.2) is 33.0 Å². The average molecular weight is 263 g/mol. The summed E-state index contributed by atoms with van der Waals surface area (Å²) in [5, 5.41) is 18.1. The van der Waals surface area contributed by atoms with Crippen molar-refractivity contribution in [2.24, 2.45) is 0 Å². The van der Waals surface area contributed by atoms with E-state index in [2.05, 4.69) is 17.1 Å². The van der Waals surface area contributed by atoms with Gasteiger partial charge in [-0.05, 0) is 23.5 Å². The first-order valence-electron chi connectivity index (χ1n) is 6.93. The molecule has 0 saturated carbocycles. The summed E-state index contributed by atoms with van der Waals surface area (Å²) in [5.74, 6) is 0. The molecule has 1 unspecified atom stereocenters. The van der Waals surface area contributed by atoms with E-state index < -0.39 is 6.10 Å². The summed E-state index contributed by atoms with van der Waals surface area (Å²) in [4.78, 5) is 6.55. The molecule has 0 radical (unpaired) electrons. The van der Waals surface area contributed by atoms with Gasteiger partial charge in [0.15, 0.2) is 0 Å². The molecule has 0 amide bonds. The third kappa shape index (κ3) is 4.21. The lowest BCUT2D eigenvalue weighted by molar-refractivity contribution is -0.00853. The predicted octanol–water partition coefficient (Wildman–Crippen LogP) is 2.19. The summed E-state index contributed by atoms with van der Waals surface area (Å²) < 4.78 is 0. The minimum Gasteiger partial charge on any atom is -0.389 e. The molecule has 2 aromatic rings. The predicted molar refractivity (Wildman–Crippen MR) is 73.7 cm³/mol. The number of nitrogens with zero attached hydrogens (tertiary/aromatic N) is 3. The van der Waals surface area contributed by atoms with Gasteiger partial charge in [0.05, 0.1) is 6.10 Å². The Labute approximate surface area is 113 Å². The molecule has 0 fully saturated rings. The van der Waals surface area contributed by atoms with Crippen molar-refractivity contribution in [2.45, 2.75) is 45.1 Å². The Hall–Kier alpha value is -1.62. The molecular weight excluding hydrogens is 242 g/mol. The van der Waals surface area contributed by atoms with Crippen LogP contribution in [0.25, 0.3) is 11.0 Å². The van der Waals surface area contributed by atoms with E-state index in [1.807, 2.05) is 24.3 Å². The van der Waals surface area contributed by atoms with E-state index in [1.165, 1.54) is 17.8 Å². The Morgan fingerprint density at radius 1 is 1.16 bits per heavy atom. The minimum absolute atomic E-state index is 0.229. The molecule has 19 heavy (non-hydrogen) atoms. The van der Waals surface area contributed by atoms with Gasteiger partial charge in [-0.25, -0.2) is 0 Å². The van der Waals surface area contributed by atoms with E-state index in [1.54, 1.807) is 0 Å². The molecule has 2 rings (SSSR count). The lowest BCUT2D eigenvalue weighted by Crippen LogP contribution is -2.25. The van der Waals surface area contributed by atoms with Gasteiger partial charge < -0.3 is 9.94 Å². The van der Waals surface area contributed by atoms with Gasteiger partial charge in [-0.2, -0.15) is 0 Å². The molecule has 0 saturated heterocycles. The maximum atomic E-state index is 9.79. The van der Waals surface area contributed by atoms with E-state index in [-0.39, 0.29) is 6.61 Å². The molecule has 104 valence electrons. The quantitative estimate of drug-likeness (QED) is 0.742. The van der Waals surface area contributed by atoms with E-state index >= 15 is 0 Å². The maximum absolute atomic E-state index is 9.79. The van der Waals surface area contributed by atoms with Crippen LogP contribution < -0.4 is 4.84 Å². The highest BCUT2D eigenvalue weighted by Gasteiger charge is 2.07. The van der Waals surface area contributed by atoms with Crippen LogP contribution in [0.3, 0.4) is 0 Å². The van der Waals surface area contributed by atoms with Crippen molar-refractivity contribution in [3.05, 3.63) is 24.3 Å². The van der Waals surface area contributed by atoms with Crippen molar-refractivity contribution in [1.82, 2.24) is 15.2 Å². The largest absolute Gasteiger partial charge is 0.389 e. The molecule has 0 aliphatic carbocycles. The first kappa shape index (κ1) is 13.8. The van der Waals surface area contributed by atoms with Crippen molar-refractivity contribution in [3.8, 4) is 0 Å². The van der Waals surface area contributed by atoms with E-state index in [0.717, 1.165) is 30.3 Å². The van der Waals surface area contributed by atoms with Crippen LogP contribution >= 0.6 is 0 Å². The highest BCUT2D eigenvalue weighted by molar-refractivity contribution is 5.72. The SMILES string of the molecule is CCCCCCC(O)COn1nc2ccccc2n1. The Kier molecular flexibility index (Phi) is 5.15. The third-order valence-electron chi connectivity index (χ3n) is 3.04. The molecule has 5 heteroatoms. The number of fused-ring (bicyclic) bond motifs is 1. The molecule has 0 aliphatic heterocycles. The molecule has 1 atom stereocenters. The highest BCUT2D eigenvalue weighted by atomic mass is 16.7. The van der Waals surface area contributed by atoms with Crippen LogP contribution in [0, 0.1) is 0 Å². The van der Waals surface area contributed by atoms with Crippen molar-refractivity contribution in [1.29, 1.82) is 0 Å². The average Bonchev–Trinajstić information content (AvgIpc) is 2.84. The van der Waals surface area contributed by atoms with Gasteiger partial charge in [0.1, 0.15) is 17.6 Å². The van der Waals surface area contributed by atoms with Gasteiger partial charge in [0, 0.05) is 0 Å². The van der Waals surface area contributed by atoms with Gasteiger partial charge in [0.25, 0.3) is 0 Å². The number of hydrogen-bond donors (Lipinski definition) is 1. The van der Waals surface area contributed by atoms with Crippen LogP contribution in [0.4, 0.5) is 0 Å². The number of aliphatic hydroxyl groups is 1. The Balaban J connectivity index is 1.75. The Morgan fingerprint density at radius 3 is 2.47 bits per heavy atom. The zero-order valence-electron chi connectivity index (χ0n) is 11.3. The first-order valence-corrected chi connectivity index (χ1v) is 6.93. The molecule has 0 bridgehead atoms. The number of aliphatic hydroxyl groups excluding tert-OH is 1. The number of rotatable bonds is 8. The fourth-order valence-electron chi connectivity index (χ4n) is 1.94. The summed E-state index contributed by atoms with van der Waals surface area (Å²) in [7, 11) is 0. The van der Waals surface area contributed by atoms with Crippen molar-refractivity contribution >= 4 is 11.0 Å². The van der Waals surface area contributed by atoms with Gasteiger partial charge in [-0.15, -0.1) is 10.2 Å². The lowest BCUT2D eigenvalue weighted by atomic mass is 10.1. The molecule has 0 aliphatic rings. The standard InChI is InChI=1S/C14H21N3O2/c1-2-3-4-5-8-12(18)11-19-17-15-13-9-6-7-10-14(13)16-17/h6-7,9-10,12,18H,2-5,8,11H2,1H3. The summed E-state index contributed by atoms with van der Waals surface area (Å²) >= 11 is 0. The van der Waals surface area contributed by atoms with Crippen molar-refractivity contribution < 1.29 is 9.94 Å². The molecule has 1 N–H and O–H groups in total. The van der Waals surface area contributed by atoms with Crippen LogP contribution in [0.2, 0.25) is 0 Å². The van der Waals surface area contributed by atoms with Gasteiger partial charge in [-0.1, -0.05) is 44.7 Å². The zero-order valence-corrected chi connectivity index (χ0v) is 11.3. The third-order valence-corrected chi connectivity index (χ3v) is 3.04. The van der Waals surface area contributed by atoms with E-state index in [9.17, 15) is 5.11 Å². The smallest absolute Gasteiger partial charge is 0.144 e. The first-order chi connectivity index (χ1) is 9.29. The van der Waals surface area contributed by atoms with E-state index in [0.29, 0.717) is 0 Å². The van der Waals surface area contributed by atoms with Crippen molar-refractivity contribution in [2.75, 3.05) is 6.61 Å². The Morgan fingerprint density at radius 2 is 1.84 bits per heavy atom. The summed E-state index contributed by atoms with van der Waals surface area (Å²) in [6, 6.07) is 7.57. The summed E-state index contributed by atoms with van der Waals surface area (Å²) in [6.07, 6.45) is 4.94. The number of hydrogen-bond acceptors (Lipinski definition) is 4. The van der Waals surface area contributed by atoms with Crippen LogP contribution in [0.5, 0.6) is 0 Å². The van der Waals surface area contributed by atoms with E-state index in [4.69, 9.17) is 4.84 Å². The molecule has 1 aromatic carbocycles. The molecule has 1 aromatic heterocycles. The molecule has 0 spiro atoms. The second kappa shape index (κ2) is 7.09. The van der Waals surface area contributed by atoms with Crippen molar-refractivity contribution in [3.63, 3.8) is 0 Å². The maximum Gasteiger partial charge on any atom is 0.144 e. The van der Waals surface area contributed by atoms with Gasteiger partial charge in [0.2, 0.25) is 0 Å².